The Hall–Kier alpha value is -0.680. The van der Waals surface area contributed by atoms with Gasteiger partial charge >= 0.3 is 0 Å². The summed E-state index contributed by atoms with van der Waals surface area (Å²) in [4.78, 5) is 1.01. The number of hydrogen-bond acceptors (Lipinski definition) is 4. The Morgan fingerprint density at radius 1 is 1.38 bits per heavy atom. The van der Waals surface area contributed by atoms with Crippen molar-refractivity contribution in [2.75, 3.05) is 7.05 Å². The maximum absolute atomic E-state index is 6.15. The number of nitrogens with zero attached hydrogens (tertiary/aromatic N) is 2. The molecule has 0 aliphatic heterocycles. The van der Waals surface area contributed by atoms with Crippen LogP contribution in [0.5, 0.6) is 0 Å². The van der Waals surface area contributed by atoms with Crippen molar-refractivity contribution in [2.24, 2.45) is 0 Å². The van der Waals surface area contributed by atoms with Crippen molar-refractivity contribution in [2.45, 2.75) is 6.04 Å². The van der Waals surface area contributed by atoms with Crippen LogP contribution in [-0.2, 0) is 0 Å². The Balaban J connectivity index is 2.44. The zero-order valence-corrected chi connectivity index (χ0v) is 10.8. The van der Waals surface area contributed by atoms with Gasteiger partial charge in [-0.1, -0.05) is 27.7 Å². The molecule has 0 fully saturated rings. The Morgan fingerprint density at radius 2 is 2.19 bits per heavy atom. The van der Waals surface area contributed by atoms with E-state index in [1.54, 1.807) is 18.3 Å². The van der Waals surface area contributed by atoms with Crippen LogP contribution in [0.25, 0.3) is 0 Å². The lowest BCUT2D eigenvalue weighted by atomic mass is 10.1. The third-order valence-corrected chi connectivity index (χ3v) is 3.53. The molecule has 0 amide bonds. The van der Waals surface area contributed by atoms with E-state index < -0.39 is 0 Å². The van der Waals surface area contributed by atoms with E-state index in [2.05, 4.69) is 14.9 Å². The summed E-state index contributed by atoms with van der Waals surface area (Å²) in [6.45, 7) is 0. The normalized spacial score (nSPS) is 12.7. The van der Waals surface area contributed by atoms with E-state index in [0.717, 1.165) is 10.4 Å². The standard InChI is InChI=1S/C10H9Cl2N3S/c1-13-10(9-5-14-15-16-9)7-4-6(11)2-3-8(7)12/h2-5,10,13H,1H3. The highest BCUT2D eigenvalue weighted by Gasteiger charge is 2.17. The van der Waals surface area contributed by atoms with E-state index in [1.807, 2.05) is 13.1 Å². The van der Waals surface area contributed by atoms with Crippen LogP contribution >= 0.6 is 34.7 Å². The van der Waals surface area contributed by atoms with Gasteiger partial charge in [-0.3, -0.25) is 0 Å². The number of hydrogen-bond donors (Lipinski definition) is 1. The summed E-state index contributed by atoms with van der Waals surface area (Å²) >= 11 is 13.5. The summed E-state index contributed by atoms with van der Waals surface area (Å²) in [6, 6.07) is 5.39. The molecule has 2 rings (SSSR count). The monoisotopic (exact) mass is 273 g/mol. The summed E-state index contributed by atoms with van der Waals surface area (Å²) < 4.78 is 3.84. The minimum absolute atomic E-state index is 0.0220. The van der Waals surface area contributed by atoms with Gasteiger partial charge in [0.15, 0.2) is 0 Å². The average Bonchev–Trinajstić information content (AvgIpc) is 2.78. The van der Waals surface area contributed by atoms with Gasteiger partial charge in [0.2, 0.25) is 0 Å². The highest BCUT2D eigenvalue weighted by atomic mass is 35.5. The van der Waals surface area contributed by atoms with Crippen LogP contribution in [-0.4, -0.2) is 16.6 Å². The van der Waals surface area contributed by atoms with Gasteiger partial charge in [-0.15, -0.1) is 5.10 Å². The second-order valence-electron chi connectivity index (χ2n) is 3.21. The van der Waals surface area contributed by atoms with Crippen LogP contribution in [0.1, 0.15) is 16.5 Å². The predicted molar refractivity (Wildman–Crippen MR) is 67.3 cm³/mol. The highest BCUT2D eigenvalue weighted by molar-refractivity contribution is 7.05. The second-order valence-corrected chi connectivity index (χ2v) is 4.87. The molecular weight excluding hydrogens is 265 g/mol. The van der Waals surface area contributed by atoms with Gasteiger partial charge in [-0.2, -0.15) is 0 Å². The van der Waals surface area contributed by atoms with Gasteiger partial charge < -0.3 is 5.32 Å². The zero-order chi connectivity index (χ0) is 11.5. The average molecular weight is 274 g/mol. The first-order chi connectivity index (χ1) is 7.72. The highest BCUT2D eigenvalue weighted by Crippen LogP contribution is 2.31. The molecule has 1 aromatic heterocycles. The molecule has 16 heavy (non-hydrogen) atoms. The van der Waals surface area contributed by atoms with Crippen molar-refractivity contribution >= 4 is 34.7 Å². The summed E-state index contributed by atoms with van der Waals surface area (Å²) in [7, 11) is 1.86. The quantitative estimate of drug-likeness (QED) is 0.934. The van der Waals surface area contributed by atoms with Gasteiger partial charge in [0.1, 0.15) is 0 Å². The SMILES string of the molecule is CNC(c1cnns1)c1cc(Cl)ccc1Cl. The molecule has 3 nitrogen and oxygen atoms in total. The molecule has 0 spiro atoms. The van der Waals surface area contributed by atoms with Crippen molar-refractivity contribution in [3.8, 4) is 0 Å². The number of benzene rings is 1. The van der Waals surface area contributed by atoms with Gasteiger partial charge in [0.25, 0.3) is 0 Å². The van der Waals surface area contributed by atoms with E-state index in [4.69, 9.17) is 23.2 Å². The lowest BCUT2D eigenvalue weighted by Gasteiger charge is -2.15. The fourth-order valence-electron chi connectivity index (χ4n) is 1.49. The molecule has 0 aliphatic carbocycles. The van der Waals surface area contributed by atoms with Gasteiger partial charge in [0.05, 0.1) is 17.1 Å². The van der Waals surface area contributed by atoms with Crippen molar-refractivity contribution in [1.82, 2.24) is 14.9 Å². The van der Waals surface area contributed by atoms with Crippen LogP contribution in [0.2, 0.25) is 10.0 Å². The molecule has 0 saturated heterocycles. The lowest BCUT2D eigenvalue weighted by molar-refractivity contribution is 0.702. The molecule has 0 bridgehead atoms. The third kappa shape index (κ3) is 2.35. The maximum atomic E-state index is 6.15. The largest absolute Gasteiger partial charge is 0.309 e. The molecule has 0 saturated carbocycles. The fraction of sp³-hybridized carbons (Fsp3) is 0.200. The van der Waals surface area contributed by atoms with E-state index in [0.29, 0.717) is 10.0 Å². The van der Waals surface area contributed by atoms with Crippen LogP contribution in [0.15, 0.2) is 24.4 Å². The van der Waals surface area contributed by atoms with Gasteiger partial charge in [0, 0.05) is 10.0 Å². The molecule has 1 heterocycles. The minimum Gasteiger partial charge on any atom is -0.309 e. The molecule has 1 unspecified atom stereocenters. The fourth-order valence-corrected chi connectivity index (χ4v) is 2.53. The topological polar surface area (TPSA) is 37.8 Å². The van der Waals surface area contributed by atoms with Crippen molar-refractivity contribution < 1.29 is 0 Å². The first-order valence-electron chi connectivity index (χ1n) is 4.62. The van der Waals surface area contributed by atoms with Gasteiger partial charge in [-0.05, 0) is 42.3 Å². The zero-order valence-electron chi connectivity index (χ0n) is 8.45. The third-order valence-electron chi connectivity index (χ3n) is 2.22. The minimum atomic E-state index is -0.0220. The van der Waals surface area contributed by atoms with Gasteiger partial charge in [-0.25, -0.2) is 0 Å². The smallest absolute Gasteiger partial charge is 0.0716 e. The first kappa shape index (κ1) is 11.8. The molecule has 0 radical (unpaired) electrons. The molecule has 1 aromatic carbocycles. The van der Waals surface area contributed by atoms with Crippen molar-refractivity contribution in [1.29, 1.82) is 0 Å². The predicted octanol–water partition coefficient (Wildman–Crippen LogP) is 3.15. The van der Waals surface area contributed by atoms with Crippen LogP contribution in [0, 0.1) is 0 Å². The molecule has 84 valence electrons. The number of nitrogens with one attached hydrogen (secondary N) is 1. The van der Waals surface area contributed by atoms with Crippen molar-refractivity contribution in [3.05, 3.63) is 44.9 Å². The van der Waals surface area contributed by atoms with E-state index in [1.165, 1.54) is 11.5 Å². The molecular formula is C10H9Cl2N3S. The summed E-state index contributed by atoms with van der Waals surface area (Å²) in [5.41, 5.74) is 0.933. The first-order valence-corrected chi connectivity index (χ1v) is 6.14. The summed E-state index contributed by atoms with van der Waals surface area (Å²) in [5, 5.41) is 8.34. The van der Waals surface area contributed by atoms with Crippen LogP contribution < -0.4 is 5.32 Å². The Labute approximate surface area is 108 Å². The number of aromatic nitrogens is 2. The Morgan fingerprint density at radius 3 is 2.81 bits per heavy atom. The maximum Gasteiger partial charge on any atom is 0.0716 e. The number of rotatable bonds is 3. The van der Waals surface area contributed by atoms with Crippen molar-refractivity contribution in [3.63, 3.8) is 0 Å². The summed E-state index contributed by atoms with van der Waals surface area (Å²) in [6.07, 6.45) is 1.73. The second kappa shape index (κ2) is 5.10. The van der Waals surface area contributed by atoms with E-state index in [9.17, 15) is 0 Å². The number of halogens is 2. The molecule has 0 aliphatic rings. The molecule has 1 atom stereocenters. The van der Waals surface area contributed by atoms with Crippen LogP contribution in [0.3, 0.4) is 0 Å². The molecule has 2 aromatic rings. The Kier molecular flexibility index (Phi) is 3.76. The molecule has 1 N–H and O–H groups in total. The van der Waals surface area contributed by atoms with E-state index in [-0.39, 0.29) is 6.04 Å². The summed E-state index contributed by atoms with van der Waals surface area (Å²) in [5.74, 6) is 0. The van der Waals surface area contributed by atoms with E-state index >= 15 is 0 Å². The van der Waals surface area contributed by atoms with Crippen LogP contribution in [0.4, 0.5) is 0 Å². The molecule has 6 heteroatoms. The lowest BCUT2D eigenvalue weighted by Crippen LogP contribution is -2.16. The Bertz CT molecular complexity index is 473.